The van der Waals surface area contributed by atoms with E-state index < -0.39 is 33.5 Å². The van der Waals surface area contributed by atoms with E-state index in [1.54, 1.807) is 17.0 Å². The number of rotatable bonds is 8. The maximum absolute atomic E-state index is 15.0. The van der Waals surface area contributed by atoms with Gasteiger partial charge in [-0.3, -0.25) is 14.5 Å². The van der Waals surface area contributed by atoms with Crippen LogP contribution in [0.1, 0.15) is 24.0 Å². The number of carbonyl (C=O) groups excluding carboxylic acids is 2. The molecule has 1 saturated heterocycles. The van der Waals surface area contributed by atoms with Crippen molar-refractivity contribution in [1.29, 1.82) is 0 Å². The molecule has 11 nitrogen and oxygen atoms in total. The first-order valence-corrected chi connectivity index (χ1v) is 14.4. The van der Waals surface area contributed by atoms with Crippen LogP contribution in [-0.4, -0.2) is 71.2 Å². The number of carbonyl (C=O) groups is 2. The maximum Gasteiger partial charge on any atom is 0.323 e. The third kappa shape index (κ3) is 4.28. The Labute approximate surface area is 242 Å². The summed E-state index contributed by atoms with van der Waals surface area (Å²) in [5.41, 5.74) is -1.28. The molecule has 5 rings (SSSR count). The van der Waals surface area contributed by atoms with Crippen molar-refractivity contribution < 1.29 is 37.0 Å². The van der Waals surface area contributed by atoms with Crippen molar-refractivity contribution in [3.8, 4) is 17.4 Å². The Kier molecular flexibility index (Phi) is 7.58. The molecule has 2 aliphatic rings. The number of benzene rings is 2. The summed E-state index contributed by atoms with van der Waals surface area (Å²) >= 11 is 6.48. The lowest BCUT2D eigenvalue weighted by Crippen LogP contribution is -2.58. The third-order valence-corrected chi connectivity index (χ3v) is 9.43. The average molecular weight is 602 g/mol. The molecular formula is C28H28ClN3O8S. The normalized spacial score (nSPS) is 20.6. The molecule has 2 aliphatic heterocycles. The number of esters is 1. The van der Waals surface area contributed by atoms with E-state index in [1.807, 2.05) is 0 Å². The number of nitrogens with zero attached hydrogens (tertiary/aromatic N) is 3. The van der Waals surface area contributed by atoms with Gasteiger partial charge in [-0.25, -0.2) is 17.7 Å². The number of halogens is 1. The number of hydrogen-bond acceptors (Lipinski definition) is 10. The van der Waals surface area contributed by atoms with Crippen LogP contribution in [0.4, 0.5) is 5.69 Å². The van der Waals surface area contributed by atoms with Crippen LogP contribution in [0.5, 0.6) is 17.4 Å². The lowest BCUT2D eigenvalue weighted by Gasteiger charge is -2.40. The maximum atomic E-state index is 15.0. The van der Waals surface area contributed by atoms with Crippen molar-refractivity contribution in [3.63, 3.8) is 0 Å². The lowest BCUT2D eigenvalue weighted by atomic mass is 9.81. The Morgan fingerprint density at radius 1 is 1.02 bits per heavy atom. The van der Waals surface area contributed by atoms with Gasteiger partial charge in [-0.05, 0) is 55.3 Å². The highest BCUT2D eigenvalue weighted by molar-refractivity contribution is 7.93. The lowest BCUT2D eigenvalue weighted by molar-refractivity contribution is -0.149. The number of methoxy groups -OCH3 is 4. The first kappa shape index (κ1) is 28.7. The van der Waals surface area contributed by atoms with Crippen LogP contribution >= 0.6 is 11.6 Å². The zero-order chi connectivity index (χ0) is 29.5. The summed E-state index contributed by atoms with van der Waals surface area (Å²) in [5, 5.41) is 0.263. The van der Waals surface area contributed by atoms with Crippen molar-refractivity contribution in [1.82, 2.24) is 9.88 Å². The van der Waals surface area contributed by atoms with Gasteiger partial charge >= 0.3 is 5.97 Å². The van der Waals surface area contributed by atoms with Crippen LogP contribution in [0.25, 0.3) is 0 Å². The molecule has 1 amide bonds. The largest absolute Gasteiger partial charge is 0.497 e. The highest BCUT2D eigenvalue weighted by atomic mass is 35.5. The van der Waals surface area contributed by atoms with E-state index >= 15 is 4.79 Å². The molecule has 3 aromatic rings. The van der Waals surface area contributed by atoms with E-state index in [0.717, 1.165) is 4.31 Å². The van der Waals surface area contributed by atoms with E-state index in [-0.39, 0.29) is 44.9 Å². The molecule has 2 atom stereocenters. The molecule has 1 aromatic heterocycles. The summed E-state index contributed by atoms with van der Waals surface area (Å²) in [4.78, 5) is 33.8. The summed E-state index contributed by atoms with van der Waals surface area (Å²) in [7, 11) is 0.833. The van der Waals surface area contributed by atoms with Crippen molar-refractivity contribution in [2.75, 3.05) is 39.3 Å². The fourth-order valence-electron chi connectivity index (χ4n) is 5.74. The third-order valence-electron chi connectivity index (χ3n) is 7.46. The molecule has 0 radical (unpaired) electrons. The molecule has 0 spiro atoms. The zero-order valence-electron chi connectivity index (χ0n) is 22.8. The van der Waals surface area contributed by atoms with Crippen LogP contribution in [0, 0.1) is 0 Å². The van der Waals surface area contributed by atoms with Gasteiger partial charge in [0.15, 0.2) is 5.54 Å². The van der Waals surface area contributed by atoms with Crippen molar-refractivity contribution >= 4 is 39.2 Å². The van der Waals surface area contributed by atoms with Gasteiger partial charge in [0, 0.05) is 35.0 Å². The molecule has 0 N–H and O–H groups in total. The Balaban J connectivity index is 1.85. The molecule has 0 bridgehead atoms. The fraction of sp³-hybridized carbons (Fsp3) is 0.321. The van der Waals surface area contributed by atoms with Gasteiger partial charge in [-0.2, -0.15) is 0 Å². The van der Waals surface area contributed by atoms with Crippen LogP contribution in [0.2, 0.25) is 5.02 Å². The van der Waals surface area contributed by atoms with E-state index in [1.165, 1.54) is 71.0 Å². The van der Waals surface area contributed by atoms with Crippen molar-refractivity contribution in [3.05, 3.63) is 70.9 Å². The van der Waals surface area contributed by atoms with Crippen LogP contribution in [0.3, 0.4) is 0 Å². The van der Waals surface area contributed by atoms with Crippen LogP contribution < -0.4 is 18.5 Å². The number of sulfonamides is 1. The second-order valence-electron chi connectivity index (χ2n) is 9.40. The molecule has 2 unspecified atom stereocenters. The SMILES string of the molecule is COC(=O)C1CCCN1C1(c2cccnc2OC)C(=O)N(S(=O)(=O)c2ccc(OC)cc2OC)c2ccc(Cl)cc21. The number of pyridine rings is 1. The monoisotopic (exact) mass is 601 g/mol. The zero-order valence-corrected chi connectivity index (χ0v) is 24.4. The Hall–Kier alpha value is -3.87. The van der Waals surface area contributed by atoms with Crippen molar-refractivity contribution in [2.45, 2.75) is 29.3 Å². The predicted molar refractivity (Wildman–Crippen MR) is 149 cm³/mol. The molecule has 216 valence electrons. The Bertz CT molecular complexity index is 1630. The Morgan fingerprint density at radius 3 is 2.49 bits per heavy atom. The second-order valence-corrected chi connectivity index (χ2v) is 11.6. The predicted octanol–water partition coefficient (Wildman–Crippen LogP) is 3.38. The minimum absolute atomic E-state index is 0.0160. The average Bonchev–Trinajstić information content (AvgIpc) is 3.57. The minimum Gasteiger partial charge on any atom is -0.497 e. The first-order valence-electron chi connectivity index (χ1n) is 12.6. The van der Waals surface area contributed by atoms with Crippen molar-refractivity contribution in [2.24, 2.45) is 0 Å². The summed E-state index contributed by atoms with van der Waals surface area (Å²) in [6.07, 6.45) is 2.43. The molecule has 0 aliphatic carbocycles. The molecule has 1 fully saturated rings. The molecule has 0 saturated carbocycles. The number of hydrogen-bond donors (Lipinski definition) is 0. The highest BCUT2D eigenvalue weighted by Gasteiger charge is 2.63. The minimum atomic E-state index is -4.60. The van der Waals surface area contributed by atoms with Gasteiger partial charge in [0.25, 0.3) is 15.9 Å². The quantitative estimate of drug-likeness (QED) is 0.355. The topological polar surface area (TPSA) is 125 Å². The van der Waals surface area contributed by atoms with Gasteiger partial charge in [-0.1, -0.05) is 11.6 Å². The standard InChI is InChI=1S/C28H28ClN3O8S/c1-37-18-10-12-24(23(16-18)38-2)41(35,36)32-21-11-9-17(29)15-20(21)28(27(32)34,19-7-5-13-30-25(19)39-3)31-14-6-8-22(31)26(33)40-4/h5,7,9-13,15-16,22H,6,8,14H2,1-4H3. The van der Waals surface area contributed by atoms with E-state index in [0.29, 0.717) is 18.6 Å². The van der Waals surface area contributed by atoms with Gasteiger partial charge in [0.05, 0.1) is 34.1 Å². The number of fused-ring (bicyclic) bond motifs is 1. The Morgan fingerprint density at radius 2 is 1.80 bits per heavy atom. The van der Waals surface area contributed by atoms with Gasteiger partial charge < -0.3 is 18.9 Å². The molecule has 3 heterocycles. The van der Waals surface area contributed by atoms with E-state index in [9.17, 15) is 13.2 Å². The molecule has 13 heteroatoms. The highest BCUT2D eigenvalue weighted by Crippen LogP contribution is 2.55. The number of ether oxygens (including phenoxy) is 4. The fourth-order valence-corrected chi connectivity index (χ4v) is 7.52. The summed E-state index contributed by atoms with van der Waals surface area (Å²) in [6, 6.07) is 11.1. The molecule has 41 heavy (non-hydrogen) atoms. The number of anilines is 1. The summed E-state index contributed by atoms with van der Waals surface area (Å²) < 4.78 is 50.9. The van der Waals surface area contributed by atoms with Gasteiger partial charge in [0.2, 0.25) is 5.88 Å². The molecular weight excluding hydrogens is 574 g/mol. The number of likely N-dealkylation sites (tertiary alicyclic amines) is 1. The van der Waals surface area contributed by atoms with Gasteiger partial charge in [0.1, 0.15) is 22.4 Å². The number of amides is 1. The summed E-state index contributed by atoms with van der Waals surface area (Å²) in [6.45, 7) is 0.273. The van der Waals surface area contributed by atoms with Crippen LogP contribution in [-0.2, 0) is 29.9 Å². The van der Waals surface area contributed by atoms with Crippen LogP contribution in [0.15, 0.2) is 59.6 Å². The summed E-state index contributed by atoms with van der Waals surface area (Å²) in [5.74, 6) is -0.969. The van der Waals surface area contributed by atoms with E-state index in [4.69, 9.17) is 30.5 Å². The van der Waals surface area contributed by atoms with Gasteiger partial charge in [-0.15, -0.1) is 0 Å². The molecule has 2 aromatic carbocycles. The second kappa shape index (κ2) is 10.8. The first-order chi connectivity index (χ1) is 19.7. The smallest absolute Gasteiger partial charge is 0.323 e. The number of aromatic nitrogens is 1. The van der Waals surface area contributed by atoms with E-state index in [2.05, 4.69) is 4.98 Å².